The van der Waals surface area contributed by atoms with Crippen LogP contribution in [0.1, 0.15) is 17.0 Å². The van der Waals surface area contributed by atoms with E-state index < -0.39 is 10.0 Å². The Morgan fingerprint density at radius 3 is 2.80 bits per heavy atom. The lowest BCUT2D eigenvalue weighted by atomic mass is 9.92. The largest absolute Gasteiger partial charge is 0.396 e. The van der Waals surface area contributed by atoms with E-state index in [0.717, 1.165) is 5.56 Å². The van der Waals surface area contributed by atoms with Gasteiger partial charge in [0.2, 0.25) is 10.0 Å². The number of aromatic nitrogens is 2. The molecule has 132 valence electrons. The van der Waals surface area contributed by atoms with E-state index in [0.29, 0.717) is 0 Å². The number of aryl methyl sites for hydroxylation is 1. The van der Waals surface area contributed by atoms with Crippen LogP contribution in [0.3, 0.4) is 0 Å². The van der Waals surface area contributed by atoms with Gasteiger partial charge in [0.05, 0.1) is 11.8 Å². The first kappa shape index (κ1) is 17.9. The average molecular weight is 381 g/mol. The number of hydrogen-bond donors (Lipinski definition) is 1. The first-order valence-electron chi connectivity index (χ1n) is 7.66. The quantitative estimate of drug-likeness (QED) is 0.862. The summed E-state index contributed by atoms with van der Waals surface area (Å²) >= 11 is 5.93. The highest BCUT2D eigenvalue weighted by molar-refractivity contribution is 7.89. The van der Waals surface area contributed by atoms with Crippen molar-refractivity contribution in [2.75, 3.05) is 19.7 Å². The standard InChI is InChI=1S/C16H17ClN4O3S/c1-20-7-12(6-19-20)15-9-21(8-13(15)10-22)25(23,24)16-4-14(17)3-2-11(16)5-18/h2-4,6-7,13,15,22H,8-10H2,1H3/t13-,15-/m0/s1. The Labute approximate surface area is 151 Å². The van der Waals surface area contributed by atoms with Crippen molar-refractivity contribution in [2.45, 2.75) is 10.8 Å². The van der Waals surface area contributed by atoms with Gasteiger partial charge in [-0.1, -0.05) is 11.6 Å². The molecular formula is C16H17ClN4O3S. The third-order valence-corrected chi connectivity index (χ3v) is 6.58. The molecule has 9 heteroatoms. The smallest absolute Gasteiger partial charge is 0.244 e. The van der Waals surface area contributed by atoms with Crippen LogP contribution in [-0.4, -0.2) is 47.3 Å². The van der Waals surface area contributed by atoms with Crippen molar-refractivity contribution in [3.63, 3.8) is 0 Å². The first-order chi connectivity index (χ1) is 11.9. The molecule has 2 aromatic rings. The third-order valence-electron chi connectivity index (χ3n) is 4.48. The van der Waals surface area contributed by atoms with Crippen molar-refractivity contribution in [1.82, 2.24) is 14.1 Å². The van der Waals surface area contributed by atoms with Gasteiger partial charge in [-0.15, -0.1) is 0 Å². The van der Waals surface area contributed by atoms with E-state index in [4.69, 9.17) is 11.6 Å². The molecule has 0 amide bonds. The maximum atomic E-state index is 13.0. The summed E-state index contributed by atoms with van der Waals surface area (Å²) in [4.78, 5) is -0.106. The third kappa shape index (κ3) is 3.28. The van der Waals surface area contributed by atoms with E-state index in [1.54, 1.807) is 17.9 Å². The highest BCUT2D eigenvalue weighted by Crippen LogP contribution is 2.36. The maximum absolute atomic E-state index is 13.0. The second kappa shape index (κ2) is 6.77. The van der Waals surface area contributed by atoms with Crippen LogP contribution in [0.15, 0.2) is 35.5 Å². The number of aliphatic hydroxyl groups is 1. The summed E-state index contributed by atoms with van der Waals surface area (Å²) in [5, 5.41) is 23.3. The zero-order valence-corrected chi connectivity index (χ0v) is 15.1. The molecule has 3 rings (SSSR count). The molecular weight excluding hydrogens is 364 g/mol. The van der Waals surface area contributed by atoms with E-state index in [1.807, 2.05) is 12.3 Å². The number of nitrogens with zero attached hydrogens (tertiary/aromatic N) is 4. The number of nitriles is 1. The Hall–Kier alpha value is -1.92. The molecule has 0 unspecified atom stereocenters. The fourth-order valence-electron chi connectivity index (χ4n) is 3.16. The van der Waals surface area contributed by atoms with Crippen LogP contribution in [0, 0.1) is 17.2 Å². The molecule has 1 N–H and O–H groups in total. The van der Waals surface area contributed by atoms with Crippen molar-refractivity contribution in [2.24, 2.45) is 13.0 Å². The summed E-state index contributed by atoms with van der Waals surface area (Å²) < 4.78 is 29.0. The number of sulfonamides is 1. The van der Waals surface area contributed by atoms with Gasteiger partial charge in [0.1, 0.15) is 11.0 Å². The number of hydrogen-bond acceptors (Lipinski definition) is 5. The van der Waals surface area contributed by atoms with E-state index in [1.165, 1.54) is 22.5 Å². The molecule has 0 aliphatic carbocycles. The fourth-order valence-corrected chi connectivity index (χ4v) is 5.09. The SMILES string of the molecule is Cn1cc([C@@H]2CN(S(=O)(=O)c3cc(Cl)ccc3C#N)C[C@H]2CO)cn1. The molecule has 1 aliphatic rings. The monoisotopic (exact) mass is 380 g/mol. The Bertz CT molecular complexity index is 935. The highest BCUT2D eigenvalue weighted by atomic mass is 35.5. The molecule has 1 aromatic carbocycles. The Kier molecular flexibility index (Phi) is 4.84. The molecule has 0 spiro atoms. The molecule has 1 aromatic heterocycles. The topological polar surface area (TPSA) is 99.2 Å². The zero-order chi connectivity index (χ0) is 18.2. The Balaban J connectivity index is 1.97. The molecule has 1 aliphatic heterocycles. The first-order valence-corrected chi connectivity index (χ1v) is 9.48. The van der Waals surface area contributed by atoms with Crippen LogP contribution in [0.25, 0.3) is 0 Å². The average Bonchev–Trinajstić information content (AvgIpc) is 3.20. The Morgan fingerprint density at radius 1 is 1.44 bits per heavy atom. The molecule has 0 bridgehead atoms. The van der Waals surface area contributed by atoms with Gasteiger partial charge in [0.15, 0.2) is 0 Å². The number of benzene rings is 1. The summed E-state index contributed by atoms with van der Waals surface area (Å²) in [6.07, 6.45) is 3.51. The van der Waals surface area contributed by atoms with Crippen LogP contribution < -0.4 is 0 Å². The molecule has 25 heavy (non-hydrogen) atoms. The molecule has 1 fully saturated rings. The molecule has 0 saturated carbocycles. The molecule has 7 nitrogen and oxygen atoms in total. The summed E-state index contributed by atoms with van der Waals surface area (Å²) in [7, 11) is -2.11. The number of aliphatic hydroxyl groups excluding tert-OH is 1. The van der Waals surface area contributed by atoms with Crippen molar-refractivity contribution in [1.29, 1.82) is 5.26 Å². The minimum atomic E-state index is -3.89. The number of halogens is 1. The second-order valence-electron chi connectivity index (χ2n) is 6.07. The molecule has 2 atom stereocenters. The van der Waals surface area contributed by atoms with Gasteiger partial charge in [0.25, 0.3) is 0 Å². The van der Waals surface area contributed by atoms with Gasteiger partial charge in [-0.2, -0.15) is 14.7 Å². The normalized spacial score (nSPS) is 21.4. The van der Waals surface area contributed by atoms with Crippen LogP contribution in [-0.2, 0) is 17.1 Å². The van der Waals surface area contributed by atoms with Crippen LogP contribution in [0.5, 0.6) is 0 Å². The molecule has 0 radical (unpaired) electrons. The summed E-state index contributed by atoms with van der Waals surface area (Å²) in [5.74, 6) is -0.387. The zero-order valence-electron chi connectivity index (χ0n) is 13.5. The summed E-state index contributed by atoms with van der Waals surface area (Å²) in [6, 6.07) is 6.07. The lowest BCUT2D eigenvalue weighted by molar-refractivity contribution is 0.223. The highest BCUT2D eigenvalue weighted by Gasteiger charge is 2.41. The second-order valence-corrected chi connectivity index (χ2v) is 8.41. The van der Waals surface area contributed by atoms with E-state index >= 15 is 0 Å². The van der Waals surface area contributed by atoms with Gasteiger partial charge >= 0.3 is 0 Å². The minimum absolute atomic E-state index is 0.0507. The van der Waals surface area contributed by atoms with Crippen molar-refractivity contribution < 1.29 is 13.5 Å². The van der Waals surface area contributed by atoms with Crippen LogP contribution in [0.2, 0.25) is 5.02 Å². The molecule has 2 heterocycles. The lowest BCUT2D eigenvalue weighted by Crippen LogP contribution is -2.30. The van der Waals surface area contributed by atoms with Crippen molar-refractivity contribution >= 4 is 21.6 Å². The summed E-state index contributed by atoms with van der Waals surface area (Å²) in [6.45, 7) is 0.263. The lowest BCUT2D eigenvalue weighted by Gasteiger charge is -2.17. The summed E-state index contributed by atoms with van der Waals surface area (Å²) in [5.41, 5.74) is 0.931. The van der Waals surface area contributed by atoms with Crippen molar-refractivity contribution in [3.8, 4) is 6.07 Å². The number of rotatable bonds is 4. The van der Waals surface area contributed by atoms with Crippen LogP contribution in [0.4, 0.5) is 0 Å². The van der Waals surface area contributed by atoms with Crippen LogP contribution >= 0.6 is 11.6 Å². The van der Waals surface area contributed by atoms with Gasteiger partial charge in [0, 0.05) is 49.8 Å². The molecule has 1 saturated heterocycles. The predicted octanol–water partition coefficient (Wildman–Crippen LogP) is 1.34. The van der Waals surface area contributed by atoms with Gasteiger partial charge in [-0.25, -0.2) is 8.42 Å². The van der Waals surface area contributed by atoms with E-state index in [9.17, 15) is 18.8 Å². The minimum Gasteiger partial charge on any atom is -0.396 e. The van der Waals surface area contributed by atoms with Crippen molar-refractivity contribution in [3.05, 3.63) is 46.7 Å². The van der Waals surface area contributed by atoms with Gasteiger partial charge < -0.3 is 5.11 Å². The van der Waals surface area contributed by atoms with Gasteiger partial charge in [-0.3, -0.25) is 4.68 Å². The van der Waals surface area contributed by atoms with E-state index in [-0.39, 0.29) is 47.0 Å². The predicted molar refractivity (Wildman–Crippen MR) is 91.5 cm³/mol. The fraction of sp³-hybridized carbons (Fsp3) is 0.375. The van der Waals surface area contributed by atoms with E-state index in [2.05, 4.69) is 5.10 Å². The maximum Gasteiger partial charge on any atom is 0.244 e. The Morgan fingerprint density at radius 2 is 2.20 bits per heavy atom. The van der Waals surface area contributed by atoms with Gasteiger partial charge in [-0.05, 0) is 23.8 Å².